The molecule has 0 bridgehead atoms. The number of aromatic nitrogens is 2. The van der Waals surface area contributed by atoms with Gasteiger partial charge < -0.3 is 10.2 Å². The number of para-hydroxylation sites is 2. The molecule has 0 atom stereocenters. The van der Waals surface area contributed by atoms with Crippen molar-refractivity contribution < 1.29 is 15.0 Å². The standard InChI is InChI=1S/C12H12N2O3/c1-2-8-7-9(12(16)17)13-14(8)10-5-3-4-6-11(10)15/h3-7,15H,2H2,1H3,(H,16,17). The number of hydrogen-bond acceptors (Lipinski definition) is 3. The van der Waals surface area contributed by atoms with Crippen LogP contribution in [0.5, 0.6) is 5.75 Å². The molecule has 2 N–H and O–H groups in total. The van der Waals surface area contributed by atoms with Crippen LogP contribution in [0.1, 0.15) is 23.1 Å². The van der Waals surface area contributed by atoms with Gasteiger partial charge in [0.15, 0.2) is 5.69 Å². The first-order chi connectivity index (χ1) is 8.13. The highest BCUT2D eigenvalue weighted by molar-refractivity contribution is 5.85. The number of phenols is 1. The highest BCUT2D eigenvalue weighted by atomic mass is 16.4. The first kappa shape index (κ1) is 11.2. The average Bonchev–Trinajstić information content (AvgIpc) is 2.73. The van der Waals surface area contributed by atoms with E-state index in [1.54, 1.807) is 18.2 Å². The summed E-state index contributed by atoms with van der Waals surface area (Å²) in [6.07, 6.45) is 0.634. The Hall–Kier alpha value is -2.30. The maximum absolute atomic E-state index is 10.9. The molecule has 0 aliphatic heterocycles. The quantitative estimate of drug-likeness (QED) is 0.846. The fourth-order valence-corrected chi connectivity index (χ4v) is 1.63. The van der Waals surface area contributed by atoms with Crippen LogP contribution < -0.4 is 0 Å². The number of carboxylic acid groups (broad SMARTS) is 1. The Morgan fingerprint density at radius 3 is 2.71 bits per heavy atom. The van der Waals surface area contributed by atoms with Crippen molar-refractivity contribution in [1.82, 2.24) is 9.78 Å². The lowest BCUT2D eigenvalue weighted by Gasteiger charge is -2.07. The fourth-order valence-electron chi connectivity index (χ4n) is 1.63. The van der Waals surface area contributed by atoms with Crippen molar-refractivity contribution in [1.29, 1.82) is 0 Å². The maximum atomic E-state index is 10.9. The van der Waals surface area contributed by atoms with Crippen LogP contribution in [-0.4, -0.2) is 26.0 Å². The van der Waals surface area contributed by atoms with Gasteiger partial charge in [-0.15, -0.1) is 0 Å². The molecule has 0 saturated heterocycles. The normalized spacial score (nSPS) is 10.4. The molecule has 17 heavy (non-hydrogen) atoms. The molecule has 88 valence electrons. The molecule has 5 nitrogen and oxygen atoms in total. The van der Waals surface area contributed by atoms with E-state index in [4.69, 9.17) is 5.11 Å². The largest absolute Gasteiger partial charge is 0.506 e. The van der Waals surface area contributed by atoms with Crippen molar-refractivity contribution in [3.8, 4) is 11.4 Å². The molecule has 1 heterocycles. The van der Waals surface area contributed by atoms with Crippen molar-refractivity contribution in [2.45, 2.75) is 13.3 Å². The average molecular weight is 232 g/mol. The number of aromatic hydroxyl groups is 1. The zero-order chi connectivity index (χ0) is 12.4. The molecule has 1 aromatic carbocycles. The summed E-state index contributed by atoms with van der Waals surface area (Å²) < 4.78 is 1.46. The third-order valence-electron chi connectivity index (χ3n) is 2.47. The Bertz CT molecular complexity index is 561. The van der Waals surface area contributed by atoms with Gasteiger partial charge in [0.05, 0.1) is 0 Å². The van der Waals surface area contributed by atoms with Crippen LogP contribution >= 0.6 is 0 Å². The van der Waals surface area contributed by atoms with Gasteiger partial charge in [-0.25, -0.2) is 9.48 Å². The molecule has 2 aromatic rings. The SMILES string of the molecule is CCc1cc(C(=O)O)nn1-c1ccccc1O. The topological polar surface area (TPSA) is 75.3 Å². The molecule has 0 aliphatic rings. The van der Waals surface area contributed by atoms with Gasteiger partial charge >= 0.3 is 5.97 Å². The maximum Gasteiger partial charge on any atom is 0.356 e. The molecule has 0 radical (unpaired) electrons. The first-order valence-corrected chi connectivity index (χ1v) is 5.24. The van der Waals surface area contributed by atoms with Gasteiger partial charge in [-0.2, -0.15) is 5.10 Å². The fraction of sp³-hybridized carbons (Fsp3) is 0.167. The number of carboxylic acids is 1. The number of aromatic carboxylic acids is 1. The van der Waals surface area contributed by atoms with E-state index < -0.39 is 5.97 Å². The van der Waals surface area contributed by atoms with Crippen LogP contribution in [0.2, 0.25) is 0 Å². The zero-order valence-electron chi connectivity index (χ0n) is 9.29. The molecule has 1 aromatic heterocycles. The van der Waals surface area contributed by atoms with Gasteiger partial charge in [0.25, 0.3) is 0 Å². The van der Waals surface area contributed by atoms with Crippen molar-refractivity contribution in [3.05, 3.63) is 41.7 Å². The summed E-state index contributed by atoms with van der Waals surface area (Å²) in [5.41, 5.74) is 1.20. The van der Waals surface area contributed by atoms with Crippen LogP contribution in [0.3, 0.4) is 0 Å². The third kappa shape index (κ3) is 1.99. The summed E-state index contributed by atoms with van der Waals surface area (Å²) >= 11 is 0. The van der Waals surface area contributed by atoms with E-state index in [-0.39, 0.29) is 11.4 Å². The zero-order valence-corrected chi connectivity index (χ0v) is 9.29. The minimum atomic E-state index is -1.08. The van der Waals surface area contributed by atoms with E-state index in [1.807, 2.05) is 6.92 Å². The number of hydrogen-bond donors (Lipinski definition) is 2. The molecular weight excluding hydrogens is 220 g/mol. The molecule has 0 aliphatic carbocycles. The van der Waals surface area contributed by atoms with Crippen LogP contribution in [-0.2, 0) is 6.42 Å². The number of phenolic OH excluding ortho intramolecular Hbond substituents is 1. The lowest BCUT2D eigenvalue weighted by molar-refractivity contribution is 0.0690. The van der Waals surface area contributed by atoms with Crippen LogP contribution in [0.15, 0.2) is 30.3 Å². The third-order valence-corrected chi connectivity index (χ3v) is 2.47. The van der Waals surface area contributed by atoms with E-state index in [1.165, 1.54) is 16.8 Å². The summed E-state index contributed by atoms with van der Waals surface area (Å²) in [5, 5.41) is 22.6. The Labute approximate surface area is 97.9 Å². The molecule has 0 amide bonds. The summed E-state index contributed by atoms with van der Waals surface area (Å²) in [5.74, 6) is -1.00. The van der Waals surface area contributed by atoms with Crippen molar-refractivity contribution in [2.75, 3.05) is 0 Å². The van der Waals surface area contributed by atoms with Crippen LogP contribution in [0.25, 0.3) is 5.69 Å². The van der Waals surface area contributed by atoms with Crippen molar-refractivity contribution >= 4 is 5.97 Å². The van der Waals surface area contributed by atoms with Gasteiger partial charge in [-0.3, -0.25) is 0 Å². The van der Waals surface area contributed by atoms with Gasteiger partial charge in [0, 0.05) is 5.69 Å². The second kappa shape index (κ2) is 4.29. The number of nitrogens with zero attached hydrogens (tertiary/aromatic N) is 2. The Balaban J connectivity index is 2.59. The van der Waals surface area contributed by atoms with E-state index in [2.05, 4.69) is 5.10 Å². The Kier molecular flexibility index (Phi) is 2.82. The summed E-state index contributed by atoms with van der Waals surface area (Å²) in [4.78, 5) is 10.9. The lowest BCUT2D eigenvalue weighted by Crippen LogP contribution is -2.03. The number of aryl methyl sites for hydroxylation is 1. The van der Waals surface area contributed by atoms with E-state index in [0.717, 1.165) is 5.69 Å². The molecule has 0 unspecified atom stereocenters. The Morgan fingerprint density at radius 2 is 2.12 bits per heavy atom. The van der Waals surface area contributed by atoms with E-state index in [0.29, 0.717) is 12.1 Å². The minimum Gasteiger partial charge on any atom is -0.506 e. The van der Waals surface area contributed by atoms with Crippen LogP contribution in [0, 0.1) is 0 Å². The smallest absolute Gasteiger partial charge is 0.356 e. The molecular formula is C12H12N2O3. The van der Waals surface area contributed by atoms with Gasteiger partial charge in [-0.1, -0.05) is 19.1 Å². The summed E-state index contributed by atoms with van der Waals surface area (Å²) in [7, 11) is 0. The second-order valence-corrected chi connectivity index (χ2v) is 3.58. The minimum absolute atomic E-state index is 0.0231. The highest BCUT2D eigenvalue weighted by Gasteiger charge is 2.14. The predicted octanol–water partition coefficient (Wildman–Crippen LogP) is 1.84. The molecule has 0 spiro atoms. The number of benzene rings is 1. The molecule has 0 saturated carbocycles. The van der Waals surface area contributed by atoms with Crippen molar-refractivity contribution in [2.24, 2.45) is 0 Å². The van der Waals surface area contributed by atoms with Crippen molar-refractivity contribution in [3.63, 3.8) is 0 Å². The van der Waals surface area contributed by atoms with Gasteiger partial charge in [0.2, 0.25) is 0 Å². The number of rotatable bonds is 3. The summed E-state index contributed by atoms with van der Waals surface area (Å²) in [6.45, 7) is 1.90. The monoisotopic (exact) mass is 232 g/mol. The number of carbonyl (C=O) groups is 1. The lowest BCUT2D eigenvalue weighted by atomic mass is 10.2. The molecule has 0 fully saturated rings. The molecule has 5 heteroatoms. The summed E-state index contributed by atoms with van der Waals surface area (Å²) in [6, 6.07) is 8.20. The second-order valence-electron chi connectivity index (χ2n) is 3.58. The van der Waals surface area contributed by atoms with E-state index in [9.17, 15) is 9.90 Å². The van der Waals surface area contributed by atoms with Gasteiger partial charge in [-0.05, 0) is 24.6 Å². The highest BCUT2D eigenvalue weighted by Crippen LogP contribution is 2.22. The van der Waals surface area contributed by atoms with Gasteiger partial charge in [0.1, 0.15) is 11.4 Å². The Morgan fingerprint density at radius 1 is 1.41 bits per heavy atom. The molecule has 2 rings (SSSR count). The first-order valence-electron chi connectivity index (χ1n) is 5.24. The predicted molar refractivity (Wildman–Crippen MR) is 61.6 cm³/mol. The van der Waals surface area contributed by atoms with E-state index >= 15 is 0 Å². The van der Waals surface area contributed by atoms with Crippen LogP contribution in [0.4, 0.5) is 0 Å².